The Hall–Kier alpha value is -2.83. The number of benzene rings is 1. The van der Waals surface area contributed by atoms with Crippen molar-refractivity contribution < 1.29 is 9.59 Å². The molecule has 166 valence electrons. The molecule has 0 unspecified atom stereocenters. The predicted octanol–water partition coefficient (Wildman–Crippen LogP) is 3.51. The van der Waals surface area contributed by atoms with Crippen molar-refractivity contribution in [1.29, 1.82) is 0 Å². The molecule has 0 saturated carbocycles. The summed E-state index contributed by atoms with van der Waals surface area (Å²) in [6, 6.07) is 8.05. The SMILES string of the molecule is CCN(CC)C(=O)c1cn[nH]c1C1CCN(C(=O)c2ccc(N3CCCC3)cc2)CC1. The second-order valence-corrected chi connectivity index (χ2v) is 8.48. The Morgan fingerprint density at radius 2 is 1.68 bits per heavy atom. The largest absolute Gasteiger partial charge is 0.372 e. The van der Waals surface area contributed by atoms with Gasteiger partial charge in [-0.05, 0) is 63.8 Å². The Kier molecular flexibility index (Phi) is 6.59. The summed E-state index contributed by atoms with van der Waals surface area (Å²) in [7, 11) is 0. The van der Waals surface area contributed by atoms with E-state index in [-0.39, 0.29) is 17.7 Å². The first-order valence-corrected chi connectivity index (χ1v) is 11.6. The van der Waals surface area contributed by atoms with Gasteiger partial charge in [0.1, 0.15) is 0 Å². The summed E-state index contributed by atoms with van der Waals surface area (Å²) < 4.78 is 0. The molecule has 4 rings (SSSR count). The summed E-state index contributed by atoms with van der Waals surface area (Å²) in [6.45, 7) is 8.93. The van der Waals surface area contributed by atoms with Gasteiger partial charge >= 0.3 is 0 Å². The Morgan fingerprint density at radius 1 is 1.03 bits per heavy atom. The van der Waals surface area contributed by atoms with Gasteiger partial charge in [0, 0.05) is 56.4 Å². The lowest BCUT2D eigenvalue weighted by Crippen LogP contribution is -2.38. The Morgan fingerprint density at radius 3 is 2.29 bits per heavy atom. The number of amides is 2. The smallest absolute Gasteiger partial charge is 0.257 e. The van der Waals surface area contributed by atoms with E-state index in [0.29, 0.717) is 31.7 Å². The predicted molar refractivity (Wildman–Crippen MR) is 122 cm³/mol. The number of carbonyl (C=O) groups is 2. The van der Waals surface area contributed by atoms with Crippen molar-refractivity contribution in [2.75, 3.05) is 44.2 Å². The van der Waals surface area contributed by atoms with Gasteiger partial charge in [-0.25, -0.2) is 0 Å². The summed E-state index contributed by atoms with van der Waals surface area (Å²) >= 11 is 0. The zero-order chi connectivity index (χ0) is 21.8. The number of hydrogen-bond donors (Lipinski definition) is 1. The molecule has 0 atom stereocenters. The summed E-state index contributed by atoms with van der Waals surface area (Å²) in [5.74, 6) is 0.347. The number of nitrogens with one attached hydrogen (secondary N) is 1. The molecule has 7 heteroatoms. The number of aromatic amines is 1. The lowest BCUT2D eigenvalue weighted by molar-refractivity contribution is 0.0706. The maximum atomic E-state index is 13.0. The van der Waals surface area contributed by atoms with Gasteiger partial charge < -0.3 is 14.7 Å². The number of hydrogen-bond acceptors (Lipinski definition) is 4. The van der Waals surface area contributed by atoms with Crippen LogP contribution < -0.4 is 4.90 Å². The third-order valence-corrected chi connectivity index (χ3v) is 6.73. The Bertz CT molecular complexity index is 889. The highest BCUT2D eigenvalue weighted by molar-refractivity contribution is 5.95. The fourth-order valence-corrected chi connectivity index (χ4v) is 4.80. The van der Waals surface area contributed by atoms with E-state index in [2.05, 4.69) is 27.2 Å². The van der Waals surface area contributed by atoms with E-state index in [0.717, 1.165) is 37.2 Å². The highest BCUT2D eigenvalue weighted by atomic mass is 16.2. The minimum Gasteiger partial charge on any atom is -0.372 e. The van der Waals surface area contributed by atoms with Gasteiger partial charge in [0.25, 0.3) is 11.8 Å². The van der Waals surface area contributed by atoms with Crippen molar-refractivity contribution in [2.45, 2.75) is 45.4 Å². The first kappa shape index (κ1) is 21.4. The standard InChI is InChI=1S/C24H33N5O2/c1-3-27(4-2)24(31)21-17-25-26-22(21)18-11-15-29(16-12-18)23(30)19-7-9-20(10-8-19)28-13-5-6-14-28/h7-10,17-18H,3-6,11-16H2,1-2H3,(H,25,26). The summed E-state index contributed by atoms with van der Waals surface area (Å²) in [6.07, 6.45) is 5.80. The third kappa shape index (κ3) is 4.45. The molecular formula is C24H33N5O2. The number of nitrogens with zero attached hydrogens (tertiary/aromatic N) is 4. The second kappa shape index (κ2) is 9.54. The maximum absolute atomic E-state index is 13.0. The van der Waals surface area contributed by atoms with Crippen molar-refractivity contribution in [3.8, 4) is 0 Å². The van der Waals surface area contributed by atoms with Gasteiger partial charge in [-0.15, -0.1) is 0 Å². The van der Waals surface area contributed by atoms with Crippen LogP contribution in [-0.4, -0.2) is 71.1 Å². The molecule has 31 heavy (non-hydrogen) atoms. The Labute approximate surface area is 184 Å². The van der Waals surface area contributed by atoms with Crippen molar-refractivity contribution in [1.82, 2.24) is 20.0 Å². The van der Waals surface area contributed by atoms with E-state index < -0.39 is 0 Å². The monoisotopic (exact) mass is 423 g/mol. The zero-order valence-electron chi connectivity index (χ0n) is 18.6. The molecule has 1 aromatic carbocycles. The van der Waals surface area contributed by atoms with Crippen molar-refractivity contribution in [2.24, 2.45) is 0 Å². The van der Waals surface area contributed by atoms with Crippen LogP contribution in [0.4, 0.5) is 5.69 Å². The lowest BCUT2D eigenvalue weighted by Gasteiger charge is -2.32. The van der Waals surface area contributed by atoms with Gasteiger partial charge in [0.15, 0.2) is 0 Å². The second-order valence-electron chi connectivity index (χ2n) is 8.48. The molecule has 2 fully saturated rings. The molecule has 0 radical (unpaired) electrons. The molecule has 2 aromatic rings. The summed E-state index contributed by atoms with van der Waals surface area (Å²) in [5.41, 5.74) is 3.54. The molecule has 2 amide bonds. The molecule has 1 N–H and O–H groups in total. The van der Waals surface area contributed by atoms with Crippen LogP contribution >= 0.6 is 0 Å². The molecule has 0 spiro atoms. The van der Waals surface area contributed by atoms with Crippen LogP contribution in [0.25, 0.3) is 0 Å². The molecule has 0 bridgehead atoms. The number of carbonyl (C=O) groups excluding carboxylic acids is 2. The maximum Gasteiger partial charge on any atom is 0.257 e. The summed E-state index contributed by atoms with van der Waals surface area (Å²) in [4.78, 5) is 31.9. The van der Waals surface area contributed by atoms with E-state index in [1.54, 1.807) is 6.20 Å². The van der Waals surface area contributed by atoms with Crippen LogP contribution in [0, 0.1) is 0 Å². The van der Waals surface area contributed by atoms with Crippen LogP contribution in [0.15, 0.2) is 30.5 Å². The van der Waals surface area contributed by atoms with Crippen LogP contribution in [0.2, 0.25) is 0 Å². The number of piperidine rings is 1. The van der Waals surface area contributed by atoms with E-state index in [1.807, 2.05) is 35.8 Å². The topological polar surface area (TPSA) is 72.5 Å². The molecule has 1 aromatic heterocycles. The number of rotatable bonds is 6. The average Bonchev–Trinajstić information content (AvgIpc) is 3.52. The fourth-order valence-electron chi connectivity index (χ4n) is 4.80. The van der Waals surface area contributed by atoms with Crippen LogP contribution in [-0.2, 0) is 0 Å². The van der Waals surface area contributed by atoms with E-state index in [9.17, 15) is 9.59 Å². The lowest BCUT2D eigenvalue weighted by atomic mass is 9.90. The van der Waals surface area contributed by atoms with Gasteiger partial charge in [-0.3, -0.25) is 14.7 Å². The highest BCUT2D eigenvalue weighted by Gasteiger charge is 2.29. The van der Waals surface area contributed by atoms with Crippen molar-refractivity contribution >= 4 is 17.5 Å². The van der Waals surface area contributed by atoms with Crippen molar-refractivity contribution in [3.05, 3.63) is 47.3 Å². The van der Waals surface area contributed by atoms with Gasteiger partial charge in [-0.2, -0.15) is 5.10 Å². The number of H-pyrrole nitrogens is 1. The average molecular weight is 424 g/mol. The third-order valence-electron chi connectivity index (χ3n) is 6.73. The minimum atomic E-state index is 0.0327. The molecule has 3 heterocycles. The van der Waals surface area contributed by atoms with E-state index >= 15 is 0 Å². The zero-order valence-corrected chi connectivity index (χ0v) is 18.6. The molecule has 2 aliphatic rings. The van der Waals surface area contributed by atoms with Crippen LogP contribution in [0.3, 0.4) is 0 Å². The van der Waals surface area contributed by atoms with Gasteiger partial charge in [0.2, 0.25) is 0 Å². The molecular weight excluding hydrogens is 390 g/mol. The van der Waals surface area contributed by atoms with Gasteiger partial charge in [0.05, 0.1) is 17.5 Å². The number of anilines is 1. The van der Waals surface area contributed by atoms with Crippen molar-refractivity contribution in [3.63, 3.8) is 0 Å². The molecule has 7 nitrogen and oxygen atoms in total. The quantitative estimate of drug-likeness (QED) is 0.772. The molecule has 0 aliphatic carbocycles. The normalized spacial score (nSPS) is 17.2. The number of likely N-dealkylation sites (tertiary alicyclic amines) is 1. The first-order valence-electron chi connectivity index (χ1n) is 11.6. The number of aromatic nitrogens is 2. The fraction of sp³-hybridized carbons (Fsp3) is 0.542. The molecule has 2 aliphatic heterocycles. The van der Waals surface area contributed by atoms with Crippen LogP contribution in [0.1, 0.15) is 71.9 Å². The minimum absolute atomic E-state index is 0.0327. The Balaban J connectivity index is 1.37. The first-order chi connectivity index (χ1) is 15.1. The van der Waals surface area contributed by atoms with Crippen LogP contribution in [0.5, 0.6) is 0 Å². The molecule has 2 saturated heterocycles. The van der Waals surface area contributed by atoms with E-state index in [1.165, 1.54) is 18.5 Å². The van der Waals surface area contributed by atoms with Gasteiger partial charge in [-0.1, -0.05) is 0 Å². The van der Waals surface area contributed by atoms with E-state index in [4.69, 9.17) is 0 Å². The highest BCUT2D eigenvalue weighted by Crippen LogP contribution is 2.30. The summed E-state index contributed by atoms with van der Waals surface area (Å²) in [5, 5.41) is 7.22.